The maximum Gasteiger partial charge on any atom is 0.142 e. The van der Waals surface area contributed by atoms with Crippen LogP contribution in [0.5, 0.6) is 5.75 Å². The number of benzene rings is 1. The van der Waals surface area contributed by atoms with Gasteiger partial charge in [0.25, 0.3) is 0 Å². The maximum atomic E-state index is 9.99. The lowest BCUT2D eigenvalue weighted by atomic mass is 10.2. The molecule has 0 saturated heterocycles. The van der Waals surface area contributed by atoms with Crippen molar-refractivity contribution < 1.29 is 9.90 Å². The van der Waals surface area contributed by atoms with E-state index in [0.717, 1.165) is 4.47 Å². The second-order valence-electron chi connectivity index (χ2n) is 2.20. The Balaban J connectivity index is 3.04. The van der Waals surface area contributed by atoms with Crippen molar-refractivity contribution in [1.82, 2.24) is 0 Å². The third-order valence-electron chi connectivity index (χ3n) is 1.34. The number of allylic oxidation sites excluding steroid dienone is 1. The topological polar surface area (TPSA) is 37.3 Å². The summed E-state index contributed by atoms with van der Waals surface area (Å²) in [6, 6.07) is 5.03. The summed E-state index contributed by atoms with van der Waals surface area (Å²) in [5, 5.41) is 9.27. The maximum absolute atomic E-state index is 9.99. The van der Waals surface area contributed by atoms with Gasteiger partial charge in [0.05, 0.1) is 0 Å². The van der Waals surface area contributed by atoms with Gasteiger partial charge in [-0.1, -0.05) is 15.9 Å². The molecular weight excluding hydrogens is 220 g/mol. The SMILES string of the molecule is O=CC=Cc1cc(Br)ccc1O. The first-order chi connectivity index (χ1) is 5.74. The highest BCUT2D eigenvalue weighted by Crippen LogP contribution is 2.22. The van der Waals surface area contributed by atoms with E-state index in [1.807, 2.05) is 0 Å². The molecule has 0 aliphatic carbocycles. The first-order valence-electron chi connectivity index (χ1n) is 3.34. The minimum atomic E-state index is 0.163. The van der Waals surface area contributed by atoms with Gasteiger partial charge in [-0.2, -0.15) is 0 Å². The summed E-state index contributed by atoms with van der Waals surface area (Å²) in [4.78, 5) is 9.99. The van der Waals surface area contributed by atoms with E-state index in [2.05, 4.69) is 15.9 Å². The van der Waals surface area contributed by atoms with E-state index in [0.29, 0.717) is 11.8 Å². The van der Waals surface area contributed by atoms with Crippen LogP contribution in [0.15, 0.2) is 28.7 Å². The van der Waals surface area contributed by atoms with Gasteiger partial charge < -0.3 is 5.11 Å². The highest BCUT2D eigenvalue weighted by molar-refractivity contribution is 9.10. The molecule has 1 aromatic carbocycles. The van der Waals surface area contributed by atoms with Gasteiger partial charge in [-0.3, -0.25) is 4.79 Å². The molecule has 0 bridgehead atoms. The lowest BCUT2D eigenvalue weighted by molar-refractivity contribution is -0.104. The molecule has 3 heteroatoms. The van der Waals surface area contributed by atoms with E-state index in [1.165, 1.54) is 6.08 Å². The van der Waals surface area contributed by atoms with Crippen LogP contribution in [0.25, 0.3) is 6.08 Å². The molecule has 0 radical (unpaired) electrons. The van der Waals surface area contributed by atoms with Gasteiger partial charge in [0.2, 0.25) is 0 Å². The molecule has 1 N–H and O–H groups in total. The molecule has 0 aliphatic heterocycles. The van der Waals surface area contributed by atoms with Gasteiger partial charge >= 0.3 is 0 Å². The Kier molecular flexibility index (Phi) is 3.05. The number of hydrogen-bond donors (Lipinski definition) is 1. The van der Waals surface area contributed by atoms with Crippen LogP contribution in [-0.2, 0) is 4.79 Å². The Bertz CT molecular complexity index is 318. The number of aromatic hydroxyl groups is 1. The molecule has 1 aromatic rings. The minimum absolute atomic E-state index is 0.163. The molecule has 2 nitrogen and oxygen atoms in total. The fourth-order valence-corrected chi connectivity index (χ4v) is 1.18. The predicted octanol–water partition coefficient (Wildman–Crippen LogP) is 2.37. The lowest BCUT2D eigenvalue weighted by Gasteiger charge is -1.97. The van der Waals surface area contributed by atoms with Crippen LogP contribution in [0, 0.1) is 0 Å². The fourth-order valence-electron chi connectivity index (χ4n) is 0.802. The minimum Gasteiger partial charge on any atom is -0.507 e. The Labute approximate surface area is 78.7 Å². The van der Waals surface area contributed by atoms with Crippen LogP contribution >= 0.6 is 15.9 Å². The number of aldehydes is 1. The molecule has 62 valence electrons. The molecule has 0 saturated carbocycles. The summed E-state index contributed by atoms with van der Waals surface area (Å²) in [7, 11) is 0. The summed E-state index contributed by atoms with van der Waals surface area (Å²) in [5.41, 5.74) is 0.622. The number of halogens is 1. The first kappa shape index (κ1) is 9.00. The third-order valence-corrected chi connectivity index (χ3v) is 1.84. The predicted molar refractivity (Wildman–Crippen MR) is 50.9 cm³/mol. The molecule has 0 atom stereocenters. The molecule has 0 amide bonds. The molecule has 0 aromatic heterocycles. The van der Waals surface area contributed by atoms with Gasteiger partial charge in [-0.25, -0.2) is 0 Å². The number of phenols is 1. The number of hydrogen-bond acceptors (Lipinski definition) is 2. The van der Waals surface area contributed by atoms with E-state index in [4.69, 9.17) is 0 Å². The van der Waals surface area contributed by atoms with Crippen molar-refractivity contribution in [2.24, 2.45) is 0 Å². The zero-order valence-electron chi connectivity index (χ0n) is 6.20. The Morgan fingerprint density at radius 3 is 2.83 bits per heavy atom. The Morgan fingerprint density at radius 2 is 2.17 bits per heavy atom. The van der Waals surface area contributed by atoms with Gasteiger partial charge in [-0.05, 0) is 30.4 Å². The van der Waals surface area contributed by atoms with Crippen LogP contribution in [0.3, 0.4) is 0 Å². The second kappa shape index (κ2) is 4.07. The standard InChI is InChI=1S/C9H7BrO2/c10-8-3-4-9(12)7(6-8)2-1-5-11/h1-6,12H. The highest BCUT2D eigenvalue weighted by Gasteiger charge is 1.96. The van der Waals surface area contributed by atoms with Gasteiger partial charge in [0.1, 0.15) is 12.0 Å². The van der Waals surface area contributed by atoms with E-state index < -0.39 is 0 Å². The number of phenolic OH excluding ortho intramolecular Hbond substituents is 1. The summed E-state index contributed by atoms with van der Waals surface area (Å²) in [6.07, 6.45) is 3.55. The van der Waals surface area contributed by atoms with Crippen LogP contribution in [0.4, 0.5) is 0 Å². The van der Waals surface area contributed by atoms with Crippen molar-refractivity contribution in [2.45, 2.75) is 0 Å². The summed E-state index contributed by atoms with van der Waals surface area (Å²) >= 11 is 3.25. The molecule has 0 aliphatic rings. The number of carbonyl (C=O) groups is 1. The highest BCUT2D eigenvalue weighted by atomic mass is 79.9. The summed E-state index contributed by atoms with van der Waals surface area (Å²) in [5.74, 6) is 0.163. The number of rotatable bonds is 2. The third kappa shape index (κ3) is 2.20. The Morgan fingerprint density at radius 1 is 1.42 bits per heavy atom. The van der Waals surface area contributed by atoms with Crippen LogP contribution in [0.1, 0.15) is 5.56 Å². The van der Waals surface area contributed by atoms with Gasteiger partial charge in [-0.15, -0.1) is 0 Å². The summed E-state index contributed by atoms with van der Waals surface area (Å²) < 4.78 is 0.867. The zero-order chi connectivity index (χ0) is 8.97. The van der Waals surface area contributed by atoms with E-state index in [-0.39, 0.29) is 5.75 Å². The molecule has 12 heavy (non-hydrogen) atoms. The quantitative estimate of drug-likeness (QED) is 0.622. The number of carbonyl (C=O) groups excluding carboxylic acids is 1. The lowest BCUT2D eigenvalue weighted by Crippen LogP contribution is -1.74. The first-order valence-corrected chi connectivity index (χ1v) is 4.13. The second-order valence-corrected chi connectivity index (χ2v) is 3.11. The molecule has 0 spiro atoms. The van der Waals surface area contributed by atoms with Crippen molar-refractivity contribution in [3.05, 3.63) is 34.3 Å². The monoisotopic (exact) mass is 226 g/mol. The average molecular weight is 227 g/mol. The normalized spacial score (nSPS) is 10.4. The summed E-state index contributed by atoms with van der Waals surface area (Å²) in [6.45, 7) is 0. The Hall–Kier alpha value is -1.09. The molecule has 0 fully saturated rings. The van der Waals surface area contributed by atoms with Crippen LogP contribution in [0.2, 0.25) is 0 Å². The van der Waals surface area contributed by atoms with Crippen LogP contribution < -0.4 is 0 Å². The van der Waals surface area contributed by atoms with Crippen molar-refractivity contribution >= 4 is 28.3 Å². The van der Waals surface area contributed by atoms with E-state index >= 15 is 0 Å². The molecule has 1 rings (SSSR count). The van der Waals surface area contributed by atoms with Crippen molar-refractivity contribution in [3.8, 4) is 5.75 Å². The molecule has 0 unspecified atom stereocenters. The van der Waals surface area contributed by atoms with Crippen molar-refractivity contribution in [3.63, 3.8) is 0 Å². The zero-order valence-corrected chi connectivity index (χ0v) is 7.78. The van der Waals surface area contributed by atoms with Crippen molar-refractivity contribution in [2.75, 3.05) is 0 Å². The largest absolute Gasteiger partial charge is 0.507 e. The molecular formula is C9H7BrO2. The fraction of sp³-hybridized carbons (Fsp3) is 0. The average Bonchev–Trinajstić information content (AvgIpc) is 2.07. The van der Waals surface area contributed by atoms with E-state index in [1.54, 1.807) is 24.3 Å². The van der Waals surface area contributed by atoms with Crippen LogP contribution in [-0.4, -0.2) is 11.4 Å². The van der Waals surface area contributed by atoms with Crippen molar-refractivity contribution in [1.29, 1.82) is 0 Å². The van der Waals surface area contributed by atoms with Gasteiger partial charge in [0.15, 0.2) is 0 Å². The smallest absolute Gasteiger partial charge is 0.142 e. The molecule has 0 heterocycles. The van der Waals surface area contributed by atoms with E-state index in [9.17, 15) is 9.90 Å². The van der Waals surface area contributed by atoms with Gasteiger partial charge in [0, 0.05) is 10.0 Å².